The second-order valence-electron chi connectivity index (χ2n) is 8.86. The van der Waals surface area contributed by atoms with E-state index in [-0.39, 0.29) is 5.92 Å². The maximum absolute atomic E-state index is 13.6. The van der Waals surface area contributed by atoms with Gasteiger partial charge in [0, 0.05) is 61.2 Å². The van der Waals surface area contributed by atoms with Gasteiger partial charge in [0.25, 0.3) is 0 Å². The van der Waals surface area contributed by atoms with Crippen LogP contribution in [0.15, 0.2) is 53.8 Å². The Morgan fingerprint density at radius 1 is 1.20 bits per heavy atom. The number of fused-ring (bicyclic) bond motifs is 4. The number of nitrogens with one attached hydrogen (secondary N) is 1. The topological polar surface area (TPSA) is 93.9 Å². The maximum Gasteiger partial charge on any atom is 0.169 e. The first-order valence-corrected chi connectivity index (χ1v) is 12.8. The van der Waals surface area contributed by atoms with Crippen molar-refractivity contribution in [2.45, 2.75) is 37.1 Å². The van der Waals surface area contributed by atoms with Crippen LogP contribution < -0.4 is 14.8 Å². The molecule has 1 N–H and O–H groups in total. The van der Waals surface area contributed by atoms with Crippen LogP contribution in [0.3, 0.4) is 0 Å². The average molecular weight is 491 g/mol. The second-order valence-corrected chi connectivity index (χ2v) is 10.3. The number of anilines is 1. The summed E-state index contributed by atoms with van der Waals surface area (Å²) in [6.07, 6.45) is 7.25. The summed E-state index contributed by atoms with van der Waals surface area (Å²) in [5.41, 5.74) is 3.70. The van der Waals surface area contributed by atoms with Crippen molar-refractivity contribution in [3.05, 3.63) is 65.7 Å². The standard InChI is InChI=1S/C25H26N6O3S/c1-16-12-28-31-24-11-20(29-25(16)31)17-4-3-9-30(15-17)35(32)19-5-6-22(23(10-19)33-2)34-21-7-8-26-13-18(21)14-27-24/h5-8,10-13,17,27H,3-4,9,14-15H2,1-2H3. The molecule has 3 aliphatic heterocycles. The number of aryl methyl sites for hydroxylation is 1. The zero-order valence-corrected chi connectivity index (χ0v) is 20.4. The molecule has 0 amide bonds. The molecule has 0 radical (unpaired) electrons. The van der Waals surface area contributed by atoms with E-state index in [1.165, 1.54) is 0 Å². The van der Waals surface area contributed by atoms with Crippen LogP contribution in [0.2, 0.25) is 0 Å². The van der Waals surface area contributed by atoms with Gasteiger partial charge in [-0.05, 0) is 38.0 Å². The number of aromatic nitrogens is 4. The van der Waals surface area contributed by atoms with E-state index in [2.05, 4.69) is 21.5 Å². The molecule has 10 heteroatoms. The highest BCUT2D eigenvalue weighted by atomic mass is 32.2. The van der Waals surface area contributed by atoms with Gasteiger partial charge in [-0.15, -0.1) is 0 Å². The molecule has 6 bridgehead atoms. The third-order valence-electron chi connectivity index (χ3n) is 6.58. The Labute approximate surface area is 205 Å². The van der Waals surface area contributed by atoms with Crippen molar-refractivity contribution in [1.82, 2.24) is 23.9 Å². The Bertz CT molecular complexity index is 1440. The summed E-state index contributed by atoms with van der Waals surface area (Å²) in [4.78, 5) is 9.96. The monoisotopic (exact) mass is 490 g/mol. The van der Waals surface area contributed by atoms with Crippen molar-refractivity contribution >= 4 is 22.5 Å². The lowest BCUT2D eigenvalue weighted by Gasteiger charge is -2.31. The summed E-state index contributed by atoms with van der Waals surface area (Å²) < 4.78 is 29.3. The summed E-state index contributed by atoms with van der Waals surface area (Å²) in [7, 11) is 0.268. The minimum Gasteiger partial charge on any atom is -0.493 e. The Balaban J connectivity index is 1.50. The highest BCUT2D eigenvalue weighted by molar-refractivity contribution is 7.82. The highest BCUT2D eigenvalue weighted by Gasteiger charge is 2.28. The van der Waals surface area contributed by atoms with E-state index in [1.54, 1.807) is 25.6 Å². The van der Waals surface area contributed by atoms with E-state index in [0.29, 0.717) is 35.2 Å². The minimum atomic E-state index is -1.32. The van der Waals surface area contributed by atoms with Crippen LogP contribution in [0.5, 0.6) is 17.2 Å². The molecule has 0 spiro atoms. The molecule has 6 heterocycles. The summed E-state index contributed by atoms with van der Waals surface area (Å²) in [5, 5.41) is 8.06. The molecular weight excluding hydrogens is 464 g/mol. The van der Waals surface area contributed by atoms with Crippen LogP contribution in [0.25, 0.3) is 5.65 Å². The number of pyridine rings is 1. The molecule has 4 aromatic rings. The Hall–Kier alpha value is -3.50. The van der Waals surface area contributed by atoms with Gasteiger partial charge >= 0.3 is 0 Å². The number of piperidine rings is 1. The second kappa shape index (κ2) is 8.94. The predicted octanol–water partition coefficient (Wildman–Crippen LogP) is 4.06. The van der Waals surface area contributed by atoms with Crippen LogP contribution >= 0.6 is 0 Å². The van der Waals surface area contributed by atoms with Gasteiger partial charge in [0.15, 0.2) is 17.1 Å². The Morgan fingerprint density at radius 2 is 2.11 bits per heavy atom. The van der Waals surface area contributed by atoms with Gasteiger partial charge < -0.3 is 14.8 Å². The summed E-state index contributed by atoms with van der Waals surface area (Å²) in [5.74, 6) is 2.76. The quantitative estimate of drug-likeness (QED) is 0.430. The smallest absolute Gasteiger partial charge is 0.169 e. The van der Waals surface area contributed by atoms with Crippen molar-refractivity contribution in [3.63, 3.8) is 0 Å². The molecule has 7 rings (SSSR count). The van der Waals surface area contributed by atoms with Crippen LogP contribution in [-0.2, 0) is 17.5 Å². The van der Waals surface area contributed by atoms with Crippen molar-refractivity contribution in [2.75, 3.05) is 25.5 Å². The fraction of sp³-hybridized carbons (Fsp3) is 0.320. The van der Waals surface area contributed by atoms with Gasteiger partial charge in [-0.1, -0.05) is 0 Å². The molecule has 9 nitrogen and oxygen atoms in total. The fourth-order valence-electron chi connectivity index (χ4n) is 4.70. The van der Waals surface area contributed by atoms with Crippen LogP contribution in [0, 0.1) is 6.92 Å². The molecule has 35 heavy (non-hydrogen) atoms. The zero-order valence-electron chi connectivity index (χ0n) is 19.6. The zero-order chi connectivity index (χ0) is 23.9. The molecule has 0 saturated carbocycles. The molecule has 3 unspecified atom stereocenters. The SMILES string of the molecule is COc1cc2ccc1Oc1ccncc1CNc1cc(nc3c(C)cnn13)C1CCCN(C1)S2=O. The third kappa shape index (κ3) is 4.02. The third-order valence-corrected chi connectivity index (χ3v) is 8.04. The number of nitrogens with zero attached hydrogens (tertiary/aromatic N) is 5. The van der Waals surface area contributed by atoms with E-state index in [9.17, 15) is 4.21 Å². The summed E-state index contributed by atoms with van der Waals surface area (Å²) in [6.45, 7) is 3.93. The first kappa shape index (κ1) is 22.0. The van der Waals surface area contributed by atoms with Crippen molar-refractivity contribution < 1.29 is 13.7 Å². The molecule has 3 atom stereocenters. The van der Waals surface area contributed by atoms with Gasteiger partial charge in [0.2, 0.25) is 0 Å². The van der Waals surface area contributed by atoms with Crippen LogP contribution in [0.1, 0.15) is 35.6 Å². The predicted molar refractivity (Wildman–Crippen MR) is 132 cm³/mol. The number of hydrogen-bond acceptors (Lipinski definition) is 7. The van der Waals surface area contributed by atoms with Crippen LogP contribution in [-0.4, -0.2) is 48.3 Å². The average Bonchev–Trinajstić information content (AvgIpc) is 3.28. The lowest BCUT2D eigenvalue weighted by atomic mass is 9.96. The van der Waals surface area contributed by atoms with E-state index in [4.69, 9.17) is 14.5 Å². The van der Waals surface area contributed by atoms with Crippen molar-refractivity contribution in [2.24, 2.45) is 0 Å². The van der Waals surface area contributed by atoms with E-state index in [0.717, 1.165) is 47.7 Å². The van der Waals surface area contributed by atoms with E-state index < -0.39 is 11.0 Å². The highest BCUT2D eigenvalue weighted by Crippen LogP contribution is 2.36. The molecule has 1 aromatic carbocycles. The summed E-state index contributed by atoms with van der Waals surface area (Å²) in [6, 6.07) is 9.36. The summed E-state index contributed by atoms with van der Waals surface area (Å²) >= 11 is 0. The normalized spacial score (nSPS) is 21.7. The van der Waals surface area contributed by atoms with Gasteiger partial charge in [-0.2, -0.15) is 9.61 Å². The van der Waals surface area contributed by atoms with Crippen molar-refractivity contribution in [3.8, 4) is 17.2 Å². The molecule has 1 saturated heterocycles. The fourth-order valence-corrected chi connectivity index (χ4v) is 6.00. The first-order valence-electron chi connectivity index (χ1n) is 11.7. The van der Waals surface area contributed by atoms with Gasteiger partial charge in [0.05, 0.1) is 23.9 Å². The van der Waals surface area contributed by atoms with Crippen LogP contribution in [0.4, 0.5) is 5.82 Å². The molecule has 1 fully saturated rings. The number of hydrogen-bond donors (Lipinski definition) is 1. The minimum absolute atomic E-state index is 0.166. The Morgan fingerprint density at radius 3 is 3.00 bits per heavy atom. The number of methoxy groups -OCH3 is 1. The lowest BCUT2D eigenvalue weighted by Crippen LogP contribution is -2.36. The number of ether oxygens (including phenoxy) is 2. The van der Waals surface area contributed by atoms with Gasteiger partial charge in [-0.25, -0.2) is 13.5 Å². The van der Waals surface area contributed by atoms with E-state index in [1.807, 2.05) is 40.1 Å². The van der Waals surface area contributed by atoms with E-state index >= 15 is 0 Å². The molecule has 180 valence electrons. The molecule has 3 aliphatic rings. The lowest BCUT2D eigenvalue weighted by molar-refractivity contribution is 0.327. The number of benzene rings is 1. The van der Waals surface area contributed by atoms with Gasteiger partial charge in [0.1, 0.15) is 22.6 Å². The first-order chi connectivity index (χ1) is 17.1. The Kier molecular flexibility index (Phi) is 5.62. The van der Waals surface area contributed by atoms with Crippen molar-refractivity contribution in [1.29, 1.82) is 0 Å². The molecule has 3 aromatic heterocycles. The molecular formula is C25H26N6O3S. The molecule has 0 aliphatic carbocycles. The van der Waals surface area contributed by atoms with Gasteiger partial charge in [-0.3, -0.25) is 4.98 Å². The maximum atomic E-state index is 13.6. The number of rotatable bonds is 1. The largest absolute Gasteiger partial charge is 0.493 e.